The predicted octanol–water partition coefficient (Wildman–Crippen LogP) is 0.560. The van der Waals surface area contributed by atoms with E-state index in [1.54, 1.807) is 6.92 Å². The van der Waals surface area contributed by atoms with Gasteiger partial charge in [-0.2, -0.15) is 0 Å². The Balaban J connectivity index is 2.51. The molecule has 0 aliphatic heterocycles. The summed E-state index contributed by atoms with van der Waals surface area (Å²) in [6.45, 7) is 1.73. The number of sulfone groups is 1. The average molecular weight is 311 g/mol. The summed E-state index contributed by atoms with van der Waals surface area (Å²) in [4.78, 5) is 10.4. The van der Waals surface area contributed by atoms with E-state index in [0.717, 1.165) is 11.8 Å². The van der Waals surface area contributed by atoms with Gasteiger partial charge in [0.15, 0.2) is 4.34 Å². The van der Waals surface area contributed by atoms with Gasteiger partial charge < -0.3 is 10.4 Å². The third-order valence-electron chi connectivity index (χ3n) is 1.65. The van der Waals surface area contributed by atoms with E-state index >= 15 is 0 Å². The zero-order chi connectivity index (χ0) is 13.8. The molecule has 0 amide bonds. The van der Waals surface area contributed by atoms with E-state index < -0.39 is 15.8 Å². The van der Waals surface area contributed by atoms with Gasteiger partial charge in [-0.25, -0.2) is 8.42 Å². The van der Waals surface area contributed by atoms with Crippen molar-refractivity contribution in [2.45, 2.75) is 17.3 Å². The van der Waals surface area contributed by atoms with Crippen LogP contribution in [0.4, 0.5) is 5.13 Å². The molecule has 0 saturated heterocycles. The van der Waals surface area contributed by atoms with Crippen LogP contribution in [0, 0.1) is 0 Å². The molecule has 0 aliphatic carbocycles. The first-order chi connectivity index (χ1) is 8.26. The lowest BCUT2D eigenvalue weighted by molar-refractivity contribution is -0.133. The molecule has 0 bridgehead atoms. The number of hydrogen-bond donors (Lipinski definition) is 2. The summed E-state index contributed by atoms with van der Waals surface area (Å²) in [5.74, 6) is -0.993. The monoisotopic (exact) mass is 311 g/mol. The van der Waals surface area contributed by atoms with E-state index in [0.29, 0.717) is 9.47 Å². The van der Waals surface area contributed by atoms with Gasteiger partial charge in [0.25, 0.3) is 0 Å². The maximum absolute atomic E-state index is 11.1. The maximum atomic E-state index is 11.1. The highest BCUT2D eigenvalue weighted by Gasteiger charge is 2.13. The summed E-state index contributed by atoms with van der Waals surface area (Å²) in [5.41, 5.74) is 0. The van der Waals surface area contributed by atoms with Gasteiger partial charge in [0.2, 0.25) is 5.13 Å². The van der Waals surface area contributed by atoms with Crippen molar-refractivity contribution in [2.75, 3.05) is 23.1 Å². The van der Waals surface area contributed by atoms with Gasteiger partial charge in [-0.1, -0.05) is 23.1 Å². The molecule has 0 aromatic carbocycles. The van der Waals surface area contributed by atoms with Gasteiger partial charge in [-0.15, -0.1) is 10.2 Å². The zero-order valence-electron chi connectivity index (χ0n) is 9.78. The number of hydrogen-bond acceptors (Lipinski definition) is 8. The number of aromatic nitrogens is 2. The van der Waals surface area contributed by atoms with E-state index in [9.17, 15) is 13.2 Å². The summed E-state index contributed by atoms with van der Waals surface area (Å²) >= 11 is 2.28. The second-order valence-corrected chi connectivity index (χ2v) is 8.08. The van der Waals surface area contributed by atoms with Gasteiger partial charge >= 0.3 is 5.97 Å². The van der Waals surface area contributed by atoms with Crippen molar-refractivity contribution in [3.63, 3.8) is 0 Å². The molecule has 10 heteroatoms. The largest absolute Gasteiger partial charge is 0.481 e. The van der Waals surface area contributed by atoms with Crippen molar-refractivity contribution in [3.05, 3.63) is 0 Å². The Morgan fingerprint density at radius 1 is 1.56 bits per heavy atom. The molecule has 0 spiro atoms. The fourth-order valence-corrected chi connectivity index (χ4v) is 3.73. The van der Waals surface area contributed by atoms with Crippen LogP contribution in [0.3, 0.4) is 0 Å². The number of thioether (sulfide) groups is 1. The minimum atomic E-state index is -3.05. The van der Waals surface area contributed by atoms with Crippen LogP contribution < -0.4 is 5.32 Å². The Kier molecular flexibility index (Phi) is 5.35. The van der Waals surface area contributed by atoms with Crippen molar-refractivity contribution in [1.82, 2.24) is 10.2 Å². The summed E-state index contributed by atoms with van der Waals surface area (Å²) < 4.78 is 22.7. The Hall–Kier alpha value is -0.870. The summed E-state index contributed by atoms with van der Waals surface area (Å²) in [6.07, 6.45) is 1.17. The Labute approximate surface area is 113 Å². The summed E-state index contributed by atoms with van der Waals surface area (Å²) in [7, 11) is -3.05. The molecule has 1 atom stereocenters. The second-order valence-electron chi connectivity index (χ2n) is 3.69. The minimum absolute atomic E-state index is 0.00415. The lowest BCUT2D eigenvalue weighted by Gasteiger charge is -2.10. The van der Waals surface area contributed by atoms with Gasteiger partial charge in [-0.05, 0) is 6.92 Å². The summed E-state index contributed by atoms with van der Waals surface area (Å²) in [5, 5.41) is 19.5. The summed E-state index contributed by atoms with van der Waals surface area (Å²) in [6, 6.07) is -0.273. The minimum Gasteiger partial charge on any atom is -0.481 e. The predicted molar refractivity (Wildman–Crippen MR) is 71.1 cm³/mol. The van der Waals surface area contributed by atoms with E-state index in [2.05, 4.69) is 15.5 Å². The van der Waals surface area contributed by atoms with Crippen LogP contribution in [-0.2, 0) is 14.6 Å². The fraction of sp³-hybridized carbons (Fsp3) is 0.625. The smallest absolute Gasteiger partial charge is 0.313 e. The third kappa shape index (κ3) is 6.17. The lowest BCUT2D eigenvalue weighted by Crippen LogP contribution is -2.24. The van der Waals surface area contributed by atoms with E-state index in [1.165, 1.54) is 17.6 Å². The van der Waals surface area contributed by atoms with Crippen LogP contribution in [0.2, 0.25) is 0 Å². The average Bonchev–Trinajstić information content (AvgIpc) is 2.59. The molecule has 2 N–H and O–H groups in total. The van der Waals surface area contributed by atoms with Crippen LogP contribution in [0.5, 0.6) is 0 Å². The first-order valence-electron chi connectivity index (χ1n) is 4.88. The number of nitrogens with zero attached hydrogens (tertiary/aromatic N) is 2. The molecule has 1 heterocycles. The number of anilines is 1. The number of carboxylic acids is 1. The van der Waals surface area contributed by atoms with Crippen molar-refractivity contribution >= 4 is 44.0 Å². The molecule has 1 aromatic rings. The van der Waals surface area contributed by atoms with Gasteiger partial charge in [0.05, 0.1) is 11.5 Å². The molecular weight excluding hydrogens is 298 g/mol. The van der Waals surface area contributed by atoms with Crippen LogP contribution in [0.25, 0.3) is 0 Å². The normalized spacial score (nSPS) is 13.2. The van der Waals surface area contributed by atoms with E-state index in [4.69, 9.17) is 5.11 Å². The number of carboxylic acid groups (broad SMARTS) is 1. The van der Waals surface area contributed by atoms with Gasteiger partial charge in [0, 0.05) is 12.3 Å². The second kappa shape index (κ2) is 6.34. The van der Waals surface area contributed by atoms with Crippen LogP contribution in [0.15, 0.2) is 4.34 Å². The topological polar surface area (TPSA) is 109 Å². The molecule has 1 rings (SSSR count). The van der Waals surface area contributed by atoms with E-state index in [-0.39, 0.29) is 17.5 Å². The van der Waals surface area contributed by atoms with Gasteiger partial charge in [0.1, 0.15) is 9.84 Å². The number of carbonyl (C=O) groups is 1. The Bertz CT molecular complexity index is 513. The van der Waals surface area contributed by atoms with Crippen molar-refractivity contribution in [1.29, 1.82) is 0 Å². The first-order valence-corrected chi connectivity index (χ1v) is 8.75. The van der Waals surface area contributed by atoms with Crippen LogP contribution >= 0.6 is 23.1 Å². The molecule has 102 valence electrons. The van der Waals surface area contributed by atoms with Crippen LogP contribution in [-0.4, -0.2) is 53.5 Å². The molecule has 1 unspecified atom stereocenters. The Morgan fingerprint density at radius 3 is 2.78 bits per heavy atom. The van der Waals surface area contributed by atoms with E-state index in [1.807, 2.05) is 0 Å². The molecule has 7 nitrogen and oxygen atoms in total. The van der Waals surface area contributed by atoms with Crippen molar-refractivity contribution < 1.29 is 18.3 Å². The highest BCUT2D eigenvalue weighted by atomic mass is 32.2. The molecule has 0 fully saturated rings. The molecule has 1 aromatic heterocycles. The molecular formula is C8H13N3O4S3. The third-order valence-corrected chi connectivity index (χ3v) is 4.73. The number of nitrogens with one attached hydrogen (secondary N) is 1. The number of aliphatic carboxylic acids is 1. The van der Waals surface area contributed by atoms with Gasteiger partial charge in [-0.3, -0.25) is 4.79 Å². The van der Waals surface area contributed by atoms with Crippen molar-refractivity contribution in [2.24, 2.45) is 0 Å². The zero-order valence-corrected chi connectivity index (χ0v) is 12.2. The highest BCUT2D eigenvalue weighted by Crippen LogP contribution is 2.25. The Morgan fingerprint density at radius 2 is 2.22 bits per heavy atom. The number of rotatable bonds is 7. The molecule has 0 radical (unpaired) electrons. The molecule has 18 heavy (non-hydrogen) atoms. The SMILES string of the molecule is CC(CS(C)(=O)=O)Nc1nnc(SCC(=O)O)s1. The standard InChI is InChI=1S/C8H13N3O4S3/c1-5(4-18(2,14)15)9-7-10-11-8(17-7)16-3-6(12)13/h5H,3-4H2,1-2H3,(H,9,10)(H,12,13). The highest BCUT2D eigenvalue weighted by molar-refractivity contribution is 8.01. The maximum Gasteiger partial charge on any atom is 0.313 e. The molecule has 0 aliphatic rings. The fourth-order valence-electron chi connectivity index (χ4n) is 1.16. The lowest BCUT2D eigenvalue weighted by atomic mass is 10.4. The first kappa shape index (κ1) is 15.2. The van der Waals surface area contributed by atoms with Crippen LogP contribution in [0.1, 0.15) is 6.92 Å². The molecule has 0 saturated carbocycles. The van der Waals surface area contributed by atoms with Crippen molar-refractivity contribution in [3.8, 4) is 0 Å². The quantitative estimate of drug-likeness (QED) is 0.703.